The zero-order chi connectivity index (χ0) is 12.3. The molecule has 0 fully saturated rings. The number of pyridine rings is 1. The van der Waals surface area contributed by atoms with E-state index in [1.54, 1.807) is 11.3 Å². The molecule has 0 saturated heterocycles. The van der Waals surface area contributed by atoms with E-state index in [1.807, 2.05) is 30.7 Å². The van der Waals surface area contributed by atoms with Gasteiger partial charge in [0.2, 0.25) is 0 Å². The fraction of sp³-hybridized carbons (Fsp3) is 0.333. The minimum absolute atomic E-state index is 0. The van der Waals surface area contributed by atoms with Gasteiger partial charge < -0.3 is 5.73 Å². The normalized spacial score (nSPS) is 12.2. The summed E-state index contributed by atoms with van der Waals surface area (Å²) in [6, 6.07) is 4.44. The van der Waals surface area contributed by atoms with Gasteiger partial charge in [-0.3, -0.25) is 9.88 Å². The lowest BCUT2D eigenvalue weighted by molar-refractivity contribution is 0.255. The van der Waals surface area contributed by atoms with Crippen molar-refractivity contribution in [1.29, 1.82) is 0 Å². The summed E-state index contributed by atoms with van der Waals surface area (Å²) in [6.07, 6.45) is 5.49. The Labute approximate surface area is 117 Å². The molecule has 0 bridgehead atoms. The molecule has 0 saturated carbocycles. The van der Waals surface area contributed by atoms with Crippen LogP contribution in [-0.4, -0.2) is 21.9 Å². The molecule has 0 radical (unpaired) electrons. The zero-order valence-corrected chi connectivity index (χ0v) is 12.0. The summed E-state index contributed by atoms with van der Waals surface area (Å²) in [5, 5.41) is 0.630. The Bertz CT molecular complexity index is 474. The largest absolute Gasteiger partial charge is 0.375 e. The number of hydrogen-bond donors (Lipinski definition) is 1. The molecule has 0 amide bonds. The molecule has 2 N–H and O–H groups in total. The molecule has 98 valence electrons. The number of nitrogens with zero attached hydrogens (tertiary/aromatic N) is 3. The molecule has 18 heavy (non-hydrogen) atoms. The monoisotopic (exact) mass is 284 g/mol. The van der Waals surface area contributed by atoms with Gasteiger partial charge in [0.1, 0.15) is 0 Å². The van der Waals surface area contributed by atoms with Crippen LogP contribution in [0.2, 0.25) is 0 Å². The molecule has 0 aliphatic carbocycles. The van der Waals surface area contributed by atoms with E-state index in [2.05, 4.69) is 28.8 Å². The van der Waals surface area contributed by atoms with Gasteiger partial charge in [-0.15, -0.1) is 23.7 Å². The van der Waals surface area contributed by atoms with Crippen molar-refractivity contribution in [2.45, 2.75) is 19.5 Å². The highest BCUT2D eigenvalue weighted by Gasteiger charge is 2.12. The zero-order valence-electron chi connectivity index (χ0n) is 10.4. The van der Waals surface area contributed by atoms with E-state index in [-0.39, 0.29) is 12.4 Å². The Kier molecular flexibility index (Phi) is 5.53. The minimum Gasteiger partial charge on any atom is -0.375 e. The number of nitrogens with two attached hydrogens (primary N) is 1. The van der Waals surface area contributed by atoms with Crippen LogP contribution in [0.1, 0.15) is 23.4 Å². The highest BCUT2D eigenvalue weighted by atomic mass is 35.5. The molecule has 0 aliphatic rings. The van der Waals surface area contributed by atoms with Gasteiger partial charge in [0.25, 0.3) is 0 Å². The lowest BCUT2D eigenvalue weighted by atomic mass is 10.1. The lowest BCUT2D eigenvalue weighted by Crippen LogP contribution is -2.21. The first-order valence-electron chi connectivity index (χ1n) is 5.47. The summed E-state index contributed by atoms with van der Waals surface area (Å²) < 4.78 is 0. The average Bonchev–Trinajstić information content (AvgIpc) is 2.75. The molecule has 2 aromatic rings. The SMILES string of the molecule is CC(c1ccncc1)N(C)Cc1cnc(N)s1.Cl. The summed E-state index contributed by atoms with van der Waals surface area (Å²) >= 11 is 1.54. The highest BCUT2D eigenvalue weighted by Crippen LogP contribution is 2.22. The summed E-state index contributed by atoms with van der Waals surface area (Å²) in [4.78, 5) is 11.5. The van der Waals surface area contributed by atoms with Crippen LogP contribution in [0, 0.1) is 0 Å². The van der Waals surface area contributed by atoms with E-state index in [1.165, 1.54) is 10.4 Å². The summed E-state index contributed by atoms with van der Waals surface area (Å²) in [5.74, 6) is 0. The maximum Gasteiger partial charge on any atom is 0.180 e. The molecule has 2 aromatic heterocycles. The molecule has 2 heterocycles. The highest BCUT2D eigenvalue weighted by molar-refractivity contribution is 7.15. The van der Waals surface area contributed by atoms with Crippen molar-refractivity contribution in [2.75, 3.05) is 12.8 Å². The Morgan fingerprint density at radius 3 is 2.61 bits per heavy atom. The van der Waals surface area contributed by atoms with Gasteiger partial charge in [-0.2, -0.15) is 0 Å². The summed E-state index contributed by atoms with van der Waals surface area (Å²) in [7, 11) is 2.10. The van der Waals surface area contributed by atoms with Crippen molar-refractivity contribution in [3.05, 3.63) is 41.2 Å². The second-order valence-corrected chi connectivity index (χ2v) is 5.18. The van der Waals surface area contributed by atoms with Gasteiger partial charge in [0.05, 0.1) is 0 Å². The Balaban J connectivity index is 0.00000162. The molecule has 1 atom stereocenters. The summed E-state index contributed by atoms with van der Waals surface area (Å²) in [6.45, 7) is 3.04. The molecule has 6 heteroatoms. The standard InChI is InChI=1S/C12H16N4S.ClH/c1-9(10-3-5-14-6-4-10)16(2)8-11-7-15-12(13)17-11;/h3-7,9H,8H2,1-2H3,(H2,13,15);1H. The van der Waals surface area contributed by atoms with E-state index in [4.69, 9.17) is 5.73 Å². The van der Waals surface area contributed by atoms with E-state index >= 15 is 0 Å². The van der Waals surface area contributed by atoms with Gasteiger partial charge in [0.15, 0.2) is 5.13 Å². The maximum atomic E-state index is 5.62. The molecule has 1 unspecified atom stereocenters. The van der Waals surface area contributed by atoms with Crippen LogP contribution < -0.4 is 5.73 Å². The molecular weight excluding hydrogens is 268 g/mol. The first-order valence-corrected chi connectivity index (χ1v) is 6.29. The maximum absolute atomic E-state index is 5.62. The van der Waals surface area contributed by atoms with Crippen molar-refractivity contribution in [3.63, 3.8) is 0 Å². The number of anilines is 1. The van der Waals surface area contributed by atoms with Gasteiger partial charge in [0, 0.05) is 36.1 Å². The van der Waals surface area contributed by atoms with Gasteiger partial charge in [-0.05, 0) is 31.7 Å². The van der Waals surface area contributed by atoms with Crippen molar-refractivity contribution in [3.8, 4) is 0 Å². The summed E-state index contributed by atoms with van der Waals surface area (Å²) in [5.41, 5.74) is 6.89. The topological polar surface area (TPSA) is 55.0 Å². The van der Waals surface area contributed by atoms with E-state index in [0.717, 1.165) is 6.54 Å². The third-order valence-corrected chi connectivity index (χ3v) is 3.64. The minimum atomic E-state index is 0. The van der Waals surface area contributed by atoms with E-state index in [0.29, 0.717) is 11.2 Å². The number of nitrogen functional groups attached to an aromatic ring is 1. The average molecular weight is 285 g/mol. The van der Waals surface area contributed by atoms with Crippen molar-refractivity contribution in [2.24, 2.45) is 0 Å². The fourth-order valence-corrected chi connectivity index (χ4v) is 2.42. The first-order chi connectivity index (χ1) is 8.16. The third kappa shape index (κ3) is 3.66. The molecule has 0 spiro atoms. The van der Waals surface area contributed by atoms with Crippen molar-refractivity contribution < 1.29 is 0 Å². The van der Waals surface area contributed by atoms with Crippen LogP contribution in [0.25, 0.3) is 0 Å². The second kappa shape index (κ2) is 6.68. The van der Waals surface area contributed by atoms with E-state index < -0.39 is 0 Å². The predicted molar refractivity (Wildman–Crippen MR) is 77.9 cm³/mol. The van der Waals surface area contributed by atoms with Gasteiger partial charge in [-0.1, -0.05) is 0 Å². The second-order valence-electron chi connectivity index (χ2n) is 4.04. The van der Waals surface area contributed by atoms with Crippen LogP contribution in [0.5, 0.6) is 0 Å². The Morgan fingerprint density at radius 1 is 1.39 bits per heavy atom. The lowest BCUT2D eigenvalue weighted by Gasteiger charge is -2.24. The number of thiazole rings is 1. The number of halogens is 1. The van der Waals surface area contributed by atoms with Gasteiger partial charge in [-0.25, -0.2) is 4.98 Å². The smallest absolute Gasteiger partial charge is 0.180 e. The molecule has 2 rings (SSSR count). The molecular formula is C12H17ClN4S. The quantitative estimate of drug-likeness (QED) is 0.938. The molecule has 0 aromatic carbocycles. The third-order valence-electron chi connectivity index (χ3n) is 2.83. The first kappa shape index (κ1) is 14.9. The van der Waals surface area contributed by atoms with Crippen molar-refractivity contribution >= 4 is 28.9 Å². The number of rotatable bonds is 4. The van der Waals surface area contributed by atoms with Crippen LogP contribution >= 0.6 is 23.7 Å². The molecule has 4 nitrogen and oxygen atoms in total. The van der Waals surface area contributed by atoms with E-state index in [9.17, 15) is 0 Å². The van der Waals surface area contributed by atoms with Crippen molar-refractivity contribution in [1.82, 2.24) is 14.9 Å². The predicted octanol–water partition coefficient (Wildman–Crippen LogP) is 2.74. The van der Waals surface area contributed by atoms with Crippen LogP contribution in [-0.2, 0) is 6.54 Å². The van der Waals surface area contributed by atoms with Crippen LogP contribution in [0.4, 0.5) is 5.13 Å². The number of hydrogen-bond acceptors (Lipinski definition) is 5. The Hall–Kier alpha value is -1.17. The fourth-order valence-electron chi connectivity index (χ4n) is 1.67. The number of aromatic nitrogens is 2. The van der Waals surface area contributed by atoms with Crippen LogP contribution in [0.3, 0.4) is 0 Å². The van der Waals surface area contributed by atoms with Crippen LogP contribution in [0.15, 0.2) is 30.7 Å². The Morgan fingerprint density at radius 2 is 2.06 bits per heavy atom. The molecule has 0 aliphatic heterocycles. The van der Waals surface area contributed by atoms with Gasteiger partial charge >= 0.3 is 0 Å².